The Morgan fingerprint density at radius 1 is 1.11 bits per heavy atom. The zero-order valence-corrected chi connectivity index (χ0v) is 22.3. The third-order valence-electron chi connectivity index (χ3n) is 7.22. The molecule has 3 aromatic carbocycles. The molecule has 0 amide bonds. The molecule has 1 aromatic heterocycles. The van der Waals surface area contributed by atoms with Crippen molar-refractivity contribution < 1.29 is 36.2 Å². The number of anilines is 2. The minimum Gasteiger partial charge on any atom is -1.00 e. The molecule has 36 heavy (non-hydrogen) atoms. The van der Waals surface area contributed by atoms with Crippen molar-refractivity contribution in [2.24, 2.45) is 0 Å². The molecule has 7 heteroatoms. The lowest BCUT2D eigenvalue weighted by Gasteiger charge is -2.27. The maximum absolute atomic E-state index is 11.5. The van der Waals surface area contributed by atoms with E-state index in [1.54, 1.807) is 18.4 Å². The topological polar surface area (TPSA) is 53.7 Å². The number of thiazole rings is 1. The second kappa shape index (κ2) is 10.1. The van der Waals surface area contributed by atoms with Crippen LogP contribution < -0.4 is 31.2 Å². The smallest absolute Gasteiger partial charge is 0.370 e. The number of para-hydroxylation sites is 1. The van der Waals surface area contributed by atoms with Crippen molar-refractivity contribution in [3.05, 3.63) is 82.9 Å². The number of aliphatic carboxylic acids is 1. The van der Waals surface area contributed by atoms with Gasteiger partial charge in [0.05, 0.1) is 7.11 Å². The number of nitrogens with zero attached hydrogens (tertiary/aromatic N) is 2. The number of rotatable bonds is 6. The van der Waals surface area contributed by atoms with Gasteiger partial charge in [-0.3, -0.25) is 0 Å². The van der Waals surface area contributed by atoms with E-state index in [0.29, 0.717) is 12.0 Å². The Balaban J connectivity index is 0.00000267. The van der Waals surface area contributed by atoms with Crippen LogP contribution in [-0.2, 0) is 11.3 Å². The van der Waals surface area contributed by atoms with Crippen molar-refractivity contribution in [3.63, 3.8) is 0 Å². The largest absolute Gasteiger partial charge is 1.00 e. The van der Waals surface area contributed by atoms with Crippen LogP contribution in [0, 0.1) is 0 Å². The molecule has 2 aliphatic rings. The number of fused-ring (bicyclic) bond motifs is 4. The molecule has 1 fully saturated rings. The highest BCUT2D eigenvalue weighted by Gasteiger charge is 2.42. The van der Waals surface area contributed by atoms with Gasteiger partial charge < -0.3 is 31.7 Å². The first-order valence-corrected chi connectivity index (χ1v) is 12.8. The van der Waals surface area contributed by atoms with E-state index < -0.39 is 5.97 Å². The number of hydrogen-bond acceptors (Lipinski definition) is 4. The number of benzene rings is 3. The van der Waals surface area contributed by atoms with Crippen molar-refractivity contribution in [1.29, 1.82) is 0 Å². The van der Waals surface area contributed by atoms with E-state index in [9.17, 15) is 9.90 Å². The van der Waals surface area contributed by atoms with Crippen molar-refractivity contribution >= 4 is 51.0 Å². The Morgan fingerprint density at radius 2 is 1.92 bits per heavy atom. The fourth-order valence-corrected chi connectivity index (χ4v) is 6.76. The van der Waals surface area contributed by atoms with Crippen LogP contribution in [-0.4, -0.2) is 24.2 Å². The van der Waals surface area contributed by atoms with Crippen LogP contribution in [0.25, 0.3) is 22.4 Å². The third-order valence-corrected chi connectivity index (χ3v) is 8.35. The Hall–Kier alpha value is -3.16. The molecule has 2 heterocycles. The Labute approximate surface area is 225 Å². The fourth-order valence-electron chi connectivity index (χ4n) is 5.70. The normalized spacial score (nSPS) is 18.3. The predicted octanol–water partition coefficient (Wildman–Crippen LogP) is 3.24. The number of carbonyl (C=O) groups is 1. The number of carboxylic acid groups (broad SMARTS) is 1. The monoisotopic (exact) mass is 562 g/mol. The van der Waals surface area contributed by atoms with Crippen LogP contribution in [0.3, 0.4) is 0 Å². The summed E-state index contributed by atoms with van der Waals surface area (Å²) in [6.07, 6.45) is 7.83. The Kier molecular flexibility index (Phi) is 6.86. The fraction of sp³-hybridized carbons (Fsp3) is 0.241. The van der Waals surface area contributed by atoms with Crippen LogP contribution in [0.15, 0.2) is 66.7 Å². The van der Waals surface area contributed by atoms with E-state index in [4.69, 9.17) is 4.74 Å². The average molecular weight is 564 g/mol. The number of methoxy groups -OCH3 is 1. The average Bonchev–Trinajstić information content (AvgIpc) is 3.56. The molecule has 6 rings (SSSR count). The highest BCUT2D eigenvalue weighted by atomic mass is 79.9. The highest BCUT2D eigenvalue weighted by molar-refractivity contribution is 7.18. The lowest BCUT2D eigenvalue weighted by atomic mass is 9.96. The summed E-state index contributed by atoms with van der Waals surface area (Å²) < 4.78 is 8.32. The number of hydrogen-bond donors (Lipinski definition) is 1. The number of aromatic nitrogens is 1. The van der Waals surface area contributed by atoms with Gasteiger partial charge in [-0.25, -0.2) is 4.79 Å². The maximum atomic E-state index is 11.5. The molecule has 0 radical (unpaired) electrons. The molecule has 2 unspecified atom stereocenters. The summed E-state index contributed by atoms with van der Waals surface area (Å²) in [5.41, 5.74) is 6.03. The molecular formula is C29H27BrN2O3S. The summed E-state index contributed by atoms with van der Waals surface area (Å²) in [7, 11) is 1.70. The molecule has 1 aliphatic heterocycles. The van der Waals surface area contributed by atoms with Crippen LogP contribution >= 0.6 is 11.3 Å². The molecule has 0 bridgehead atoms. The third kappa shape index (κ3) is 4.31. The van der Waals surface area contributed by atoms with Gasteiger partial charge in [0, 0.05) is 35.5 Å². The van der Waals surface area contributed by atoms with Gasteiger partial charge in [0.25, 0.3) is 5.01 Å². The standard InChI is InChI=1S/C29H26N2O3S.BrH/c1-34-21-13-11-20(12-14-21)31-24-7-4-5-22(24)23-17-19(9-15-25(23)31)10-16-28-30(18-29(32)33)26-6-2-3-8-27(26)35-28;/h2-3,6,8-17,22,24H,4-5,7,18H2,1H3;1H. The van der Waals surface area contributed by atoms with Gasteiger partial charge in [-0.15, -0.1) is 0 Å². The van der Waals surface area contributed by atoms with E-state index in [2.05, 4.69) is 47.4 Å². The first-order chi connectivity index (χ1) is 17.1. The van der Waals surface area contributed by atoms with Crippen molar-refractivity contribution in [3.8, 4) is 5.75 Å². The van der Waals surface area contributed by atoms with Gasteiger partial charge in [-0.2, -0.15) is 4.57 Å². The lowest BCUT2D eigenvalue weighted by molar-refractivity contribution is -0.657. The van der Waals surface area contributed by atoms with Crippen molar-refractivity contribution in [2.45, 2.75) is 37.8 Å². The van der Waals surface area contributed by atoms with E-state index in [1.807, 2.05) is 41.0 Å². The van der Waals surface area contributed by atoms with Crippen molar-refractivity contribution in [1.82, 2.24) is 0 Å². The summed E-state index contributed by atoms with van der Waals surface area (Å²) in [6.45, 7) is -0.0472. The van der Waals surface area contributed by atoms with Crippen molar-refractivity contribution in [2.75, 3.05) is 12.0 Å². The van der Waals surface area contributed by atoms with Gasteiger partial charge in [0.1, 0.15) is 10.4 Å². The summed E-state index contributed by atoms with van der Waals surface area (Å²) in [5.74, 6) is 0.580. The van der Waals surface area contributed by atoms with Crippen LogP contribution in [0.2, 0.25) is 0 Å². The summed E-state index contributed by atoms with van der Waals surface area (Å²) >= 11 is 1.62. The van der Waals surface area contributed by atoms with E-state index in [1.165, 1.54) is 36.2 Å². The van der Waals surface area contributed by atoms with E-state index >= 15 is 0 Å². The summed E-state index contributed by atoms with van der Waals surface area (Å²) in [6, 6.07) is 23.6. The second-order valence-corrected chi connectivity index (χ2v) is 10.3. The summed E-state index contributed by atoms with van der Waals surface area (Å²) in [4.78, 5) is 14.0. The van der Waals surface area contributed by atoms with Crippen LogP contribution in [0.4, 0.5) is 11.4 Å². The SMILES string of the molecule is COc1ccc(N2c3ccc(/C=C/c4sc5ccccc5[n+]4CC(=O)O)cc3C3CCCC32)cc1.[Br-]. The van der Waals surface area contributed by atoms with Crippen LogP contribution in [0.5, 0.6) is 5.75 Å². The molecule has 4 aromatic rings. The Bertz CT molecular complexity index is 1450. The predicted molar refractivity (Wildman–Crippen MR) is 141 cm³/mol. The van der Waals surface area contributed by atoms with E-state index in [-0.39, 0.29) is 23.5 Å². The molecule has 2 atom stereocenters. The quantitative estimate of drug-likeness (QED) is 0.366. The minimum absolute atomic E-state index is 0. The minimum atomic E-state index is -0.836. The lowest BCUT2D eigenvalue weighted by Crippen LogP contribution is -3.00. The maximum Gasteiger partial charge on any atom is 0.370 e. The zero-order chi connectivity index (χ0) is 23.9. The van der Waals surface area contributed by atoms with Gasteiger partial charge in [-0.1, -0.05) is 36.0 Å². The van der Waals surface area contributed by atoms with Crippen LogP contribution in [0.1, 0.15) is 41.3 Å². The molecule has 1 aliphatic carbocycles. The Morgan fingerprint density at radius 3 is 2.69 bits per heavy atom. The second-order valence-electron chi connectivity index (χ2n) is 9.21. The molecule has 0 spiro atoms. The van der Waals surface area contributed by atoms with Gasteiger partial charge in [-0.05, 0) is 72.5 Å². The number of halogens is 1. The first-order valence-electron chi connectivity index (χ1n) is 12.0. The molecular weight excluding hydrogens is 536 g/mol. The summed E-state index contributed by atoms with van der Waals surface area (Å²) in [5, 5.41) is 10.4. The number of ether oxygens (including phenoxy) is 1. The molecule has 5 nitrogen and oxygen atoms in total. The first kappa shape index (κ1) is 24.5. The number of carboxylic acids is 1. The van der Waals surface area contributed by atoms with Gasteiger partial charge in [0.15, 0.2) is 0 Å². The van der Waals surface area contributed by atoms with Gasteiger partial charge >= 0.3 is 5.97 Å². The van der Waals surface area contributed by atoms with E-state index in [0.717, 1.165) is 26.5 Å². The molecule has 0 saturated heterocycles. The molecule has 184 valence electrons. The molecule has 1 N–H and O–H groups in total. The zero-order valence-electron chi connectivity index (χ0n) is 19.9. The highest BCUT2D eigenvalue weighted by Crippen LogP contribution is 2.52. The van der Waals surface area contributed by atoms with Gasteiger partial charge in [0.2, 0.25) is 12.1 Å². The molecule has 1 saturated carbocycles.